The number of hydrogen-bond donors (Lipinski definition) is 2. The van der Waals surface area contributed by atoms with Crippen LogP contribution in [0.5, 0.6) is 0 Å². The predicted molar refractivity (Wildman–Crippen MR) is 60.8 cm³/mol. The minimum Gasteiger partial charge on any atom is -0.366 e. The van der Waals surface area contributed by atoms with Crippen LogP contribution < -0.4 is 10.6 Å². The van der Waals surface area contributed by atoms with Crippen LogP contribution in [0.25, 0.3) is 0 Å². The van der Waals surface area contributed by atoms with Crippen LogP contribution in [0.4, 0.5) is 0 Å². The van der Waals surface area contributed by atoms with Crippen molar-refractivity contribution in [1.82, 2.24) is 10.6 Å². The molecular weight excluding hydrogens is 180 g/mol. The summed E-state index contributed by atoms with van der Waals surface area (Å²) in [5.41, 5.74) is 0. The molecule has 1 unspecified atom stereocenters. The van der Waals surface area contributed by atoms with Gasteiger partial charge in [0.2, 0.25) is 0 Å². The van der Waals surface area contributed by atoms with E-state index in [0.717, 1.165) is 11.0 Å². The Bertz CT molecular complexity index is 164. The molecule has 0 heterocycles. The molecule has 0 bridgehead atoms. The van der Waals surface area contributed by atoms with Crippen LogP contribution in [0.2, 0.25) is 0 Å². The first-order chi connectivity index (χ1) is 6.24. The SMILES string of the molecule is CNC(=S)NC(C)C1CCCCC1. The van der Waals surface area contributed by atoms with Gasteiger partial charge in [-0.15, -0.1) is 0 Å². The third-order valence-electron chi connectivity index (χ3n) is 2.94. The maximum absolute atomic E-state index is 5.08. The molecular formula is C10H20N2S. The number of nitrogens with one attached hydrogen (secondary N) is 2. The highest BCUT2D eigenvalue weighted by Crippen LogP contribution is 2.26. The topological polar surface area (TPSA) is 24.1 Å². The Morgan fingerprint density at radius 1 is 1.31 bits per heavy atom. The molecule has 1 aliphatic rings. The highest BCUT2D eigenvalue weighted by Gasteiger charge is 2.19. The Balaban J connectivity index is 2.28. The molecule has 0 aromatic heterocycles. The van der Waals surface area contributed by atoms with Crippen molar-refractivity contribution >= 4 is 17.3 Å². The van der Waals surface area contributed by atoms with Crippen LogP contribution in [0.1, 0.15) is 39.0 Å². The Morgan fingerprint density at radius 2 is 1.92 bits per heavy atom. The summed E-state index contributed by atoms with van der Waals surface area (Å²) in [6, 6.07) is 0.528. The third kappa shape index (κ3) is 3.51. The fraction of sp³-hybridized carbons (Fsp3) is 0.900. The summed E-state index contributed by atoms with van der Waals surface area (Å²) < 4.78 is 0. The van der Waals surface area contributed by atoms with E-state index in [1.54, 1.807) is 0 Å². The van der Waals surface area contributed by atoms with E-state index >= 15 is 0 Å². The van der Waals surface area contributed by atoms with Gasteiger partial charge < -0.3 is 10.6 Å². The van der Waals surface area contributed by atoms with Crippen LogP contribution >= 0.6 is 12.2 Å². The van der Waals surface area contributed by atoms with Crippen molar-refractivity contribution in [2.45, 2.75) is 45.1 Å². The molecule has 3 heteroatoms. The first-order valence-electron chi connectivity index (χ1n) is 5.22. The molecule has 0 radical (unpaired) electrons. The van der Waals surface area contributed by atoms with Crippen molar-refractivity contribution in [3.8, 4) is 0 Å². The maximum atomic E-state index is 5.08. The second-order valence-electron chi connectivity index (χ2n) is 3.91. The highest BCUT2D eigenvalue weighted by atomic mass is 32.1. The van der Waals surface area contributed by atoms with E-state index in [0.29, 0.717) is 6.04 Å². The first-order valence-corrected chi connectivity index (χ1v) is 5.63. The fourth-order valence-corrected chi connectivity index (χ4v) is 2.22. The van der Waals surface area contributed by atoms with Crippen molar-refractivity contribution in [3.63, 3.8) is 0 Å². The quantitative estimate of drug-likeness (QED) is 0.667. The lowest BCUT2D eigenvalue weighted by Gasteiger charge is -2.28. The Hall–Kier alpha value is -0.310. The van der Waals surface area contributed by atoms with E-state index in [2.05, 4.69) is 17.6 Å². The van der Waals surface area contributed by atoms with Gasteiger partial charge >= 0.3 is 0 Å². The molecule has 1 atom stereocenters. The maximum Gasteiger partial charge on any atom is 0.166 e. The minimum atomic E-state index is 0.528. The molecule has 13 heavy (non-hydrogen) atoms. The highest BCUT2D eigenvalue weighted by molar-refractivity contribution is 7.80. The molecule has 1 rings (SSSR count). The van der Waals surface area contributed by atoms with Gasteiger partial charge in [0, 0.05) is 13.1 Å². The van der Waals surface area contributed by atoms with Gasteiger partial charge in [-0.25, -0.2) is 0 Å². The zero-order valence-corrected chi connectivity index (χ0v) is 9.41. The van der Waals surface area contributed by atoms with Crippen LogP contribution in [0.15, 0.2) is 0 Å². The number of rotatable bonds is 2. The van der Waals surface area contributed by atoms with Crippen molar-refractivity contribution < 1.29 is 0 Å². The Morgan fingerprint density at radius 3 is 2.46 bits per heavy atom. The zero-order chi connectivity index (χ0) is 9.68. The standard InChI is InChI=1S/C10H20N2S/c1-8(12-10(13)11-2)9-6-4-3-5-7-9/h8-9H,3-7H2,1-2H3,(H2,11,12,13). The lowest BCUT2D eigenvalue weighted by atomic mass is 9.85. The molecule has 1 saturated carbocycles. The summed E-state index contributed by atoms with van der Waals surface area (Å²) in [7, 11) is 1.86. The van der Waals surface area contributed by atoms with Gasteiger partial charge in [0.05, 0.1) is 0 Å². The van der Waals surface area contributed by atoms with E-state index in [1.807, 2.05) is 7.05 Å². The van der Waals surface area contributed by atoms with E-state index in [9.17, 15) is 0 Å². The second-order valence-corrected chi connectivity index (χ2v) is 4.32. The molecule has 1 aliphatic carbocycles. The Kier molecular flexibility index (Phi) is 4.50. The van der Waals surface area contributed by atoms with Gasteiger partial charge in [0.15, 0.2) is 5.11 Å². The lowest BCUT2D eigenvalue weighted by molar-refractivity contribution is 0.301. The van der Waals surface area contributed by atoms with E-state index in [4.69, 9.17) is 12.2 Å². The van der Waals surface area contributed by atoms with Crippen molar-refractivity contribution in [2.75, 3.05) is 7.05 Å². The van der Waals surface area contributed by atoms with Gasteiger partial charge in [0.25, 0.3) is 0 Å². The first kappa shape index (κ1) is 10.8. The number of thiocarbonyl (C=S) groups is 1. The zero-order valence-electron chi connectivity index (χ0n) is 8.60. The lowest BCUT2D eigenvalue weighted by Crippen LogP contribution is -2.43. The third-order valence-corrected chi connectivity index (χ3v) is 3.26. The van der Waals surface area contributed by atoms with Gasteiger partial charge in [-0.2, -0.15) is 0 Å². The van der Waals surface area contributed by atoms with Crippen molar-refractivity contribution in [1.29, 1.82) is 0 Å². The summed E-state index contributed by atoms with van der Waals surface area (Å²) in [6.45, 7) is 2.24. The molecule has 2 nitrogen and oxygen atoms in total. The van der Waals surface area contributed by atoms with E-state index < -0.39 is 0 Å². The molecule has 76 valence electrons. The molecule has 0 spiro atoms. The van der Waals surface area contributed by atoms with Gasteiger partial charge in [-0.3, -0.25) is 0 Å². The Labute approximate surface area is 86.5 Å². The average Bonchev–Trinajstić information content (AvgIpc) is 2.19. The summed E-state index contributed by atoms with van der Waals surface area (Å²) in [5, 5.41) is 7.05. The second kappa shape index (κ2) is 5.43. The van der Waals surface area contributed by atoms with Gasteiger partial charge in [-0.1, -0.05) is 19.3 Å². The summed E-state index contributed by atoms with van der Waals surface area (Å²) in [6.07, 6.45) is 6.92. The summed E-state index contributed by atoms with van der Waals surface area (Å²) in [5.74, 6) is 0.819. The summed E-state index contributed by atoms with van der Waals surface area (Å²) >= 11 is 5.08. The molecule has 0 aliphatic heterocycles. The molecule has 0 amide bonds. The molecule has 0 aromatic rings. The van der Waals surface area contributed by atoms with Crippen LogP contribution in [-0.4, -0.2) is 18.2 Å². The van der Waals surface area contributed by atoms with E-state index in [1.165, 1.54) is 32.1 Å². The average molecular weight is 200 g/mol. The molecule has 0 saturated heterocycles. The largest absolute Gasteiger partial charge is 0.366 e. The van der Waals surface area contributed by atoms with Gasteiger partial charge in [-0.05, 0) is 37.9 Å². The smallest absolute Gasteiger partial charge is 0.166 e. The predicted octanol–water partition coefficient (Wildman–Crippen LogP) is 2.05. The van der Waals surface area contributed by atoms with Crippen molar-refractivity contribution in [2.24, 2.45) is 5.92 Å². The van der Waals surface area contributed by atoms with Crippen LogP contribution in [0, 0.1) is 5.92 Å². The molecule has 0 aromatic carbocycles. The molecule has 2 N–H and O–H groups in total. The number of hydrogen-bond acceptors (Lipinski definition) is 1. The van der Waals surface area contributed by atoms with Crippen LogP contribution in [0.3, 0.4) is 0 Å². The van der Waals surface area contributed by atoms with E-state index in [-0.39, 0.29) is 0 Å². The van der Waals surface area contributed by atoms with Gasteiger partial charge in [0.1, 0.15) is 0 Å². The molecule has 1 fully saturated rings. The fourth-order valence-electron chi connectivity index (χ4n) is 2.03. The minimum absolute atomic E-state index is 0.528. The van der Waals surface area contributed by atoms with Crippen LogP contribution in [-0.2, 0) is 0 Å². The summed E-state index contributed by atoms with van der Waals surface area (Å²) in [4.78, 5) is 0. The normalized spacial score (nSPS) is 20.8. The monoisotopic (exact) mass is 200 g/mol. The van der Waals surface area contributed by atoms with Crippen molar-refractivity contribution in [3.05, 3.63) is 0 Å².